The first kappa shape index (κ1) is 32.2. The number of methoxy groups -OCH3 is 1. The molecule has 1 aliphatic rings. The van der Waals surface area contributed by atoms with Gasteiger partial charge < -0.3 is 13.9 Å². The van der Waals surface area contributed by atoms with Gasteiger partial charge in [-0.1, -0.05) is 104 Å². The van der Waals surface area contributed by atoms with E-state index < -0.39 is 51.7 Å². The Bertz CT molecular complexity index is 1520. The molecule has 0 aliphatic carbocycles. The molecule has 0 unspecified atom stereocenters. The number of benzene rings is 2. The number of thioether (sulfide) groups is 1. The summed E-state index contributed by atoms with van der Waals surface area (Å²) in [6, 6.07) is 20.0. The Hall–Kier alpha value is -2.68. The zero-order valence-electron chi connectivity index (χ0n) is 24.4. The van der Waals surface area contributed by atoms with Gasteiger partial charge in [-0.25, -0.2) is 4.79 Å². The second-order valence-electron chi connectivity index (χ2n) is 11.3. The van der Waals surface area contributed by atoms with Crippen LogP contribution in [0.4, 0.5) is 0 Å². The summed E-state index contributed by atoms with van der Waals surface area (Å²) in [5.74, 6) is -1.21. The molecule has 9 nitrogen and oxygen atoms in total. The largest absolute Gasteiger partial charge is 0.468 e. The van der Waals surface area contributed by atoms with E-state index in [1.807, 2.05) is 60.7 Å². The van der Waals surface area contributed by atoms with Crippen LogP contribution in [0.1, 0.15) is 38.6 Å². The molecule has 4 atom stereocenters. The third-order valence-corrected chi connectivity index (χ3v) is 16.0. The van der Waals surface area contributed by atoms with Crippen molar-refractivity contribution in [1.29, 1.82) is 0 Å². The number of hydrogen-bond donors (Lipinski definition) is 1. The maximum atomic E-state index is 13.8. The zero-order valence-corrected chi connectivity index (χ0v) is 28.4. The topological polar surface area (TPSA) is 117 Å². The first-order chi connectivity index (χ1) is 19.8. The van der Waals surface area contributed by atoms with Gasteiger partial charge in [-0.15, -0.1) is 11.8 Å². The van der Waals surface area contributed by atoms with Gasteiger partial charge in [0.15, 0.2) is 4.75 Å². The Balaban J connectivity index is 1.91. The van der Waals surface area contributed by atoms with Crippen molar-refractivity contribution in [1.82, 2.24) is 9.55 Å². The van der Waals surface area contributed by atoms with Crippen molar-refractivity contribution in [2.45, 2.75) is 59.8 Å². The van der Waals surface area contributed by atoms with Crippen LogP contribution < -0.4 is 21.6 Å². The van der Waals surface area contributed by atoms with Crippen LogP contribution in [0.2, 0.25) is 5.04 Å². The van der Waals surface area contributed by atoms with Gasteiger partial charge in [0.2, 0.25) is 0 Å². The highest BCUT2D eigenvalue weighted by atomic mass is 127. The van der Waals surface area contributed by atoms with E-state index in [0.717, 1.165) is 22.1 Å². The van der Waals surface area contributed by atoms with Crippen LogP contribution in [-0.2, 0) is 23.5 Å². The maximum absolute atomic E-state index is 13.8. The van der Waals surface area contributed by atoms with Crippen LogP contribution in [0.3, 0.4) is 0 Å². The van der Waals surface area contributed by atoms with Gasteiger partial charge in [0.25, 0.3) is 13.9 Å². The number of aromatic amines is 1. The molecule has 1 aliphatic heterocycles. The quantitative estimate of drug-likeness (QED) is 0.163. The summed E-state index contributed by atoms with van der Waals surface area (Å²) in [6.45, 7) is 9.11. The van der Waals surface area contributed by atoms with Crippen molar-refractivity contribution in [2.75, 3.05) is 13.7 Å². The minimum Gasteiger partial charge on any atom is -0.468 e. The lowest BCUT2D eigenvalue weighted by Crippen LogP contribution is -2.68. The third-order valence-electron chi connectivity index (χ3n) is 7.52. The molecule has 2 heterocycles. The third kappa shape index (κ3) is 5.78. The summed E-state index contributed by atoms with van der Waals surface area (Å²) >= 11 is 3.25. The summed E-state index contributed by atoms with van der Waals surface area (Å²) in [5, 5.41) is 0.972. The van der Waals surface area contributed by atoms with E-state index in [9.17, 15) is 19.2 Å². The van der Waals surface area contributed by atoms with Crippen molar-refractivity contribution in [3.05, 3.63) is 93.3 Å². The minimum absolute atomic E-state index is 0.150. The highest BCUT2D eigenvalue weighted by molar-refractivity contribution is 14.1. The Morgan fingerprint density at radius 1 is 1.05 bits per heavy atom. The average molecular weight is 723 g/mol. The molecule has 2 aromatic carbocycles. The molecular weight excluding hydrogens is 687 g/mol. The van der Waals surface area contributed by atoms with E-state index in [2.05, 4.69) is 48.3 Å². The maximum Gasteiger partial charge on any atom is 0.329 e. The monoisotopic (exact) mass is 722 g/mol. The fourth-order valence-electron chi connectivity index (χ4n) is 5.57. The highest BCUT2D eigenvalue weighted by Crippen LogP contribution is 2.55. The fraction of sp³-hybridized carbons (Fsp3) is 0.400. The standard InChI is InChI=1S/C30H35IN2O7SSi/c1-19-17-33(28(37)32-25(19)35)26-23(31)24(40-20(2)34)30(41-26,27(36)38-6)18-39-42(29(3,4)5,21-13-9-7-10-14-21)22-15-11-8-12-16-22/h7-17,23-24,26H,18H2,1-6H3,(H,32,35,37)/t23-,24-,26-,30-/m1/s1. The van der Waals surface area contributed by atoms with Gasteiger partial charge in [-0.05, 0) is 22.3 Å². The zero-order chi connectivity index (χ0) is 30.9. The molecule has 1 saturated heterocycles. The average Bonchev–Trinajstić information content (AvgIpc) is 3.22. The smallest absolute Gasteiger partial charge is 0.329 e. The van der Waals surface area contributed by atoms with Crippen LogP contribution in [0.15, 0.2) is 76.4 Å². The molecule has 1 fully saturated rings. The number of alkyl halides is 1. The molecule has 0 amide bonds. The van der Waals surface area contributed by atoms with Gasteiger partial charge in [-0.3, -0.25) is 23.9 Å². The molecule has 4 rings (SSSR count). The number of H-pyrrole nitrogens is 1. The lowest BCUT2D eigenvalue weighted by atomic mass is 9.99. The molecule has 42 heavy (non-hydrogen) atoms. The Kier molecular flexibility index (Phi) is 9.60. The summed E-state index contributed by atoms with van der Waals surface area (Å²) in [7, 11) is -1.84. The van der Waals surface area contributed by atoms with Crippen LogP contribution in [0, 0.1) is 6.92 Å². The van der Waals surface area contributed by atoms with Crippen molar-refractivity contribution in [2.24, 2.45) is 0 Å². The number of nitrogens with zero attached hydrogens (tertiary/aromatic N) is 1. The second kappa shape index (κ2) is 12.5. The number of rotatable bonds is 8. The van der Waals surface area contributed by atoms with Gasteiger partial charge >= 0.3 is 17.6 Å². The Morgan fingerprint density at radius 2 is 1.60 bits per heavy atom. The lowest BCUT2D eigenvalue weighted by molar-refractivity contribution is -0.156. The van der Waals surface area contributed by atoms with Gasteiger partial charge in [0.05, 0.1) is 17.6 Å². The molecule has 0 spiro atoms. The van der Waals surface area contributed by atoms with E-state index in [1.54, 1.807) is 6.92 Å². The highest BCUT2D eigenvalue weighted by Gasteiger charge is 2.64. The predicted octanol–water partition coefficient (Wildman–Crippen LogP) is 3.31. The number of carbonyl (C=O) groups is 2. The van der Waals surface area contributed by atoms with E-state index in [0.29, 0.717) is 5.56 Å². The van der Waals surface area contributed by atoms with Crippen molar-refractivity contribution >= 4 is 65.0 Å². The van der Waals surface area contributed by atoms with Crippen LogP contribution in [-0.4, -0.2) is 58.3 Å². The number of aryl methyl sites for hydroxylation is 1. The molecular formula is C30H35IN2O7SSi. The SMILES string of the molecule is COC(=O)[C@]1(CO[Si](c2ccccc2)(c2ccccc2)C(C)(C)C)S[C@@H](n2cc(C)c(=O)[nH]c2=O)[C@H](I)[C@H]1OC(C)=O. The molecule has 3 aromatic rings. The number of hydrogen-bond acceptors (Lipinski definition) is 8. The minimum atomic E-state index is -3.12. The normalized spacial score (nSPS) is 22.5. The van der Waals surface area contributed by atoms with Gasteiger partial charge in [-0.2, -0.15) is 0 Å². The van der Waals surface area contributed by atoms with E-state index in [1.165, 1.54) is 24.8 Å². The van der Waals surface area contributed by atoms with E-state index >= 15 is 0 Å². The van der Waals surface area contributed by atoms with Crippen LogP contribution >= 0.6 is 34.4 Å². The number of carbonyl (C=O) groups excluding carboxylic acids is 2. The molecule has 0 radical (unpaired) electrons. The van der Waals surface area contributed by atoms with Gasteiger partial charge in [0.1, 0.15) is 11.5 Å². The number of nitrogens with one attached hydrogen (secondary N) is 1. The predicted molar refractivity (Wildman–Crippen MR) is 174 cm³/mol. The first-order valence-corrected chi connectivity index (χ1v) is 17.5. The molecule has 1 aromatic heterocycles. The number of ether oxygens (including phenoxy) is 2. The van der Waals surface area contributed by atoms with Crippen LogP contribution in [0.25, 0.3) is 0 Å². The molecule has 12 heteroatoms. The van der Waals surface area contributed by atoms with Crippen molar-refractivity contribution in [3.63, 3.8) is 0 Å². The molecule has 0 saturated carbocycles. The van der Waals surface area contributed by atoms with Crippen LogP contribution in [0.5, 0.6) is 0 Å². The molecule has 224 valence electrons. The Morgan fingerprint density at radius 3 is 2.07 bits per heavy atom. The molecule has 1 N–H and O–H groups in total. The van der Waals surface area contributed by atoms with Crippen molar-refractivity contribution in [3.8, 4) is 0 Å². The summed E-state index contributed by atoms with van der Waals surface area (Å²) < 4.78 is 17.7. The van der Waals surface area contributed by atoms with E-state index in [4.69, 9.17) is 13.9 Å². The number of aromatic nitrogens is 2. The number of esters is 2. The summed E-state index contributed by atoms with van der Waals surface area (Å²) in [4.78, 5) is 53.7. The molecule has 0 bridgehead atoms. The van der Waals surface area contributed by atoms with Gasteiger partial charge in [0, 0.05) is 18.7 Å². The second-order valence-corrected chi connectivity index (χ2v) is 18.5. The summed E-state index contributed by atoms with van der Waals surface area (Å²) in [5.41, 5.74) is -0.781. The van der Waals surface area contributed by atoms with E-state index in [-0.39, 0.29) is 11.6 Å². The lowest BCUT2D eigenvalue weighted by Gasteiger charge is -2.45. The number of halogens is 1. The Labute approximate surface area is 263 Å². The van der Waals surface area contributed by atoms with Crippen molar-refractivity contribution < 1.29 is 23.5 Å². The fourth-order valence-corrected chi connectivity index (χ4v) is 13.7. The first-order valence-electron chi connectivity index (χ1n) is 13.4. The summed E-state index contributed by atoms with van der Waals surface area (Å²) in [6.07, 6.45) is 0.460.